The fourth-order valence-electron chi connectivity index (χ4n) is 10.2. The smallest absolute Gasteiger partial charge is 0.438 e. The minimum atomic E-state index is -3.68. The Hall–Kier alpha value is -2.85. The van der Waals surface area contributed by atoms with Gasteiger partial charge in [-0.15, -0.1) is 0 Å². The fraction of sp³-hybridized carbons (Fsp3) is 0.692. The largest absolute Gasteiger partial charge is 0.508 e. The van der Waals surface area contributed by atoms with E-state index in [9.17, 15) is 23.1 Å². The van der Waals surface area contributed by atoms with E-state index in [2.05, 4.69) is 32.9 Å². The average molecular weight is 701 g/mol. The zero-order valence-corrected chi connectivity index (χ0v) is 31.2. The Morgan fingerprint density at radius 3 is 2.20 bits per heavy atom. The Morgan fingerprint density at radius 1 is 0.918 bits per heavy atom. The van der Waals surface area contributed by atoms with Gasteiger partial charge in [0.2, 0.25) is 0 Å². The van der Waals surface area contributed by atoms with Crippen LogP contribution in [0.1, 0.15) is 85.6 Å². The Bertz CT molecular complexity index is 1530. The molecule has 3 saturated carbocycles. The molecule has 1 aromatic rings. The third-order valence-corrected chi connectivity index (χ3v) is 15.5. The summed E-state index contributed by atoms with van der Waals surface area (Å²) in [6.07, 6.45) is 5.21. The molecule has 2 unspecified atom stereocenters. The number of carbonyl (C=O) groups is 2. The predicted octanol–water partition coefficient (Wildman–Crippen LogP) is 7.67. The van der Waals surface area contributed by atoms with Crippen molar-refractivity contribution in [3.63, 3.8) is 0 Å². The summed E-state index contributed by atoms with van der Waals surface area (Å²) in [6, 6.07) is 9.25. The molecule has 0 aliphatic heterocycles. The first-order chi connectivity index (χ1) is 23.1. The van der Waals surface area contributed by atoms with Crippen molar-refractivity contribution in [2.24, 2.45) is 46.3 Å². The number of methoxy groups -OCH3 is 2. The van der Waals surface area contributed by atoms with Crippen molar-refractivity contribution < 1.29 is 42.1 Å². The highest BCUT2D eigenvalue weighted by Crippen LogP contribution is 2.66. The van der Waals surface area contributed by atoms with Gasteiger partial charge < -0.3 is 24.1 Å². The average Bonchev–Trinajstić information content (AvgIpc) is 3.41. The summed E-state index contributed by atoms with van der Waals surface area (Å²) in [7, 11) is -1.11. The first kappa shape index (κ1) is 37.4. The van der Waals surface area contributed by atoms with Crippen molar-refractivity contribution in [1.29, 1.82) is 0 Å². The van der Waals surface area contributed by atoms with Gasteiger partial charge in [-0.1, -0.05) is 95.2 Å². The fourth-order valence-corrected chi connectivity index (χ4v) is 12.7. The first-order valence-corrected chi connectivity index (χ1v) is 19.6. The van der Waals surface area contributed by atoms with Crippen molar-refractivity contribution in [2.75, 3.05) is 14.2 Å². The summed E-state index contributed by atoms with van der Waals surface area (Å²) in [5.41, 5.74) is 2.50. The number of sulfone groups is 1. The molecule has 4 aliphatic carbocycles. The van der Waals surface area contributed by atoms with Crippen LogP contribution < -0.4 is 0 Å². The lowest BCUT2D eigenvalue weighted by Gasteiger charge is -2.57. The molecule has 5 rings (SSSR count). The summed E-state index contributed by atoms with van der Waals surface area (Å²) < 4.78 is 49.3. The summed E-state index contributed by atoms with van der Waals surface area (Å²) in [6.45, 7) is 12.6. The summed E-state index contributed by atoms with van der Waals surface area (Å²) in [4.78, 5) is 24.5. The van der Waals surface area contributed by atoms with Crippen molar-refractivity contribution >= 4 is 22.1 Å². The van der Waals surface area contributed by atoms with E-state index in [1.165, 1.54) is 19.8 Å². The maximum Gasteiger partial charge on any atom is 0.508 e. The molecule has 0 spiro atoms. The van der Waals surface area contributed by atoms with Gasteiger partial charge >= 0.3 is 12.3 Å². The van der Waals surface area contributed by atoms with Crippen LogP contribution in [0, 0.1) is 46.3 Å². The van der Waals surface area contributed by atoms with Gasteiger partial charge in [-0.05, 0) is 72.2 Å². The maximum absolute atomic E-state index is 14.1. The second-order valence-electron chi connectivity index (χ2n) is 15.9. The van der Waals surface area contributed by atoms with Crippen LogP contribution in [0.3, 0.4) is 0 Å². The van der Waals surface area contributed by atoms with Crippen LogP contribution in [-0.4, -0.2) is 63.6 Å². The summed E-state index contributed by atoms with van der Waals surface area (Å²) >= 11 is 0. The molecule has 1 aromatic carbocycles. The van der Waals surface area contributed by atoms with Gasteiger partial charge in [0.05, 0.1) is 31.3 Å². The number of benzene rings is 1. The van der Waals surface area contributed by atoms with Gasteiger partial charge in [0.25, 0.3) is 0 Å². The number of ether oxygens (including phenoxy) is 4. The van der Waals surface area contributed by atoms with Gasteiger partial charge in [0, 0.05) is 18.3 Å². The van der Waals surface area contributed by atoms with E-state index in [1.807, 2.05) is 51.1 Å². The Kier molecular flexibility index (Phi) is 11.0. The molecule has 0 saturated heterocycles. The summed E-state index contributed by atoms with van der Waals surface area (Å²) in [5, 5.41) is 11.3. The predicted molar refractivity (Wildman–Crippen MR) is 187 cm³/mol. The van der Waals surface area contributed by atoms with Crippen molar-refractivity contribution in [1.82, 2.24) is 0 Å². The number of hydrogen-bond donors (Lipinski definition) is 1. The SMILES string of the molecule is COC(=O)O[C@@H]1CC2=CC=C3[C@@H]4CC[C@H]([C@H](C)C(O)C([C@H](C)C(C)C)S(=O)(=O)Cc5ccccc5)[C@@]4(C)CC[C@@H]3[C@@]2(C)[C@@H](OC(=O)OC)C1. The monoisotopic (exact) mass is 700 g/mol. The van der Waals surface area contributed by atoms with Crippen LogP contribution in [-0.2, 0) is 34.5 Å². The lowest BCUT2D eigenvalue weighted by atomic mass is 9.49. The van der Waals surface area contributed by atoms with E-state index in [0.717, 1.165) is 36.8 Å². The van der Waals surface area contributed by atoms with Crippen LogP contribution >= 0.6 is 0 Å². The quantitative estimate of drug-likeness (QED) is 0.245. The molecule has 0 radical (unpaired) electrons. The zero-order chi connectivity index (χ0) is 35.9. The minimum absolute atomic E-state index is 0.0853. The van der Waals surface area contributed by atoms with E-state index in [1.54, 1.807) is 0 Å². The molecular formula is C39H56O9S. The normalized spacial score (nSPS) is 33.4. The number of aliphatic hydroxyl groups is 1. The van der Waals surface area contributed by atoms with E-state index < -0.39 is 51.1 Å². The van der Waals surface area contributed by atoms with Crippen LogP contribution in [0.5, 0.6) is 0 Å². The first-order valence-electron chi connectivity index (χ1n) is 17.9. The third kappa shape index (κ3) is 6.93. The number of aliphatic hydroxyl groups excluding tert-OH is 1. The van der Waals surface area contributed by atoms with E-state index in [0.29, 0.717) is 12.8 Å². The van der Waals surface area contributed by atoms with Gasteiger partial charge in [0.1, 0.15) is 12.2 Å². The summed E-state index contributed by atoms with van der Waals surface area (Å²) in [5.74, 6) is 0.0294. The minimum Gasteiger partial charge on any atom is -0.438 e. The molecular weight excluding hydrogens is 644 g/mol. The second-order valence-corrected chi connectivity index (χ2v) is 18.0. The number of allylic oxidation sites excluding steroid dienone is 3. The van der Waals surface area contributed by atoms with Crippen LogP contribution in [0.4, 0.5) is 9.59 Å². The third-order valence-electron chi connectivity index (χ3n) is 13.2. The lowest BCUT2D eigenvalue weighted by molar-refractivity contribution is -0.0843. The molecule has 0 amide bonds. The Labute approximate surface area is 292 Å². The molecule has 11 atom stereocenters. The van der Waals surface area contributed by atoms with E-state index in [4.69, 9.17) is 18.9 Å². The number of rotatable bonds is 10. The standard InChI is InChI=1S/C39H56O9S/c1-23(2)24(3)35(49(43,44)22-26-12-10-9-11-13-26)34(40)25(4)30-16-17-31-29-15-14-27-20-28(47-36(41)45-7)21-33(48-37(42)46-8)39(27,6)32(29)18-19-38(30,31)5/h9-15,23-25,28,30-35,40H,16-22H2,1-8H3/t24-,25+,28-,30-,31+,32+,33+,34?,35?,38-,39+/m1/s1. The molecule has 0 heterocycles. The molecule has 3 fully saturated rings. The van der Waals surface area contributed by atoms with Crippen molar-refractivity contribution in [2.45, 2.75) is 109 Å². The lowest BCUT2D eigenvalue weighted by Crippen LogP contribution is -2.54. The van der Waals surface area contributed by atoms with Crippen molar-refractivity contribution in [3.8, 4) is 0 Å². The van der Waals surface area contributed by atoms with Gasteiger partial charge in [0.15, 0.2) is 9.84 Å². The number of fused-ring (bicyclic) bond motifs is 5. The molecule has 49 heavy (non-hydrogen) atoms. The van der Waals surface area contributed by atoms with E-state index in [-0.39, 0.29) is 46.7 Å². The second kappa shape index (κ2) is 14.4. The van der Waals surface area contributed by atoms with E-state index >= 15 is 0 Å². The molecule has 1 N–H and O–H groups in total. The highest BCUT2D eigenvalue weighted by atomic mass is 32.2. The highest BCUT2D eigenvalue weighted by Gasteiger charge is 2.61. The molecule has 272 valence electrons. The van der Waals surface area contributed by atoms with Gasteiger partial charge in [-0.25, -0.2) is 18.0 Å². The highest BCUT2D eigenvalue weighted by molar-refractivity contribution is 7.91. The van der Waals surface area contributed by atoms with Crippen molar-refractivity contribution in [3.05, 3.63) is 59.2 Å². The Morgan fingerprint density at radius 2 is 1.57 bits per heavy atom. The van der Waals surface area contributed by atoms with Gasteiger partial charge in [-0.3, -0.25) is 0 Å². The molecule has 10 heteroatoms. The Balaban J connectivity index is 1.43. The molecule has 4 aliphatic rings. The molecule has 0 aromatic heterocycles. The van der Waals surface area contributed by atoms with Crippen LogP contribution in [0.2, 0.25) is 0 Å². The topological polar surface area (TPSA) is 125 Å². The molecule has 0 bridgehead atoms. The maximum atomic E-state index is 14.1. The zero-order valence-electron chi connectivity index (χ0n) is 30.4. The number of hydrogen-bond acceptors (Lipinski definition) is 9. The van der Waals surface area contributed by atoms with Crippen LogP contribution in [0.15, 0.2) is 53.6 Å². The van der Waals surface area contributed by atoms with Gasteiger partial charge in [-0.2, -0.15) is 0 Å². The van der Waals surface area contributed by atoms with Crippen LogP contribution in [0.25, 0.3) is 0 Å². The number of carbonyl (C=O) groups excluding carboxylic acids is 2. The molecule has 9 nitrogen and oxygen atoms in total.